The number of carbonyl (C=O) groups excluding carboxylic acids is 1. The average Bonchev–Trinajstić information content (AvgIpc) is 3.25. The van der Waals surface area contributed by atoms with Crippen molar-refractivity contribution >= 4 is 17.5 Å². The normalized spacial score (nSPS) is 21.0. The van der Waals surface area contributed by atoms with Crippen molar-refractivity contribution in [3.05, 3.63) is 35.2 Å². The minimum atomic E-state index is 0.0997. The Bertz CT molecular complexity index is 881. The van der Waals surface area contributed by atoms with Crippen LogP contribution in [0.4, 0.5) is 0 Å². The zero-order valence-electron chi connectivity index (χ0n) is 18.9. The van der Waals surface area contributed by atoms with E-state index in [9.17, 15) is 4.79 Å². The van der Waals surface area contributed by atoms with E-state index in [1.807, 2.05) is 24.3 Å². The lowest BCUT2D eigenvalue weighted by atomic mass is 9.96. The minimum Gasteiger partial charge on any atom is -0.356 e. The van der Waals surface area contributed by atoms with Gasteiger partial charge in [0.2, 0.25) is 17.6 Å². The van der Waals surface area contributed by atoms with Gasteiger partial charge in [-0.3, -0.25) is 9.69 Å². The molecule has 0 radical (unpaired) electrons. The molecule has 2 saturated heterocycles. The third-order valence-corrected chi connectivity index (χ3v) is 6.92. The molecule has 2 aliphatic heterocycles. The molecule has 1 aromatic carbocycles. The van der Waals surface area contributed by atoms with E-state index in [4.69, 9.17) is 16.1 Å². The van der Waals surface area contributed by atoms with Crippen molar-refractivity contribution in [3.63, 3.8) is 0 Å². The molecule has 2 fully saturated rings. The molecule has 2 aromatic rings. The topological polar surface area (TPSA) is 74.5 Å². The first kappa shape index (κ1) is 23.2. The molecule has 32 heavy (non-hydrogen) atoms. The first-order valence-electron chi connectivity index (χ1n) is 11.9. The third kappa shape index (κ3) is 6.30. The third-order valence-electron chi connectivity index (χ3n) is 6.59. The van der Waals surface area contributed by atoms with Crippen LogP contribution in [0.3, 0.4) is 0 Å². The highest BCUT2D eigenvalue weighted by atomic mass is 35.5. The standard InChI is InChI=1S/C24H34ClN5O2/c1-18-6-4-12-29(16-18)13-5-11-26-24(31)19-9-14-30(15-10-19)17-22-27-23(28-32-22)20-7-2-3-8-21(20)25/h2-3,7-8,18-19H,4-6,9-17H2,1H3,(H,26,31). The minimum absolute atomic E-state index is 0.0997. The first-order chi connectivity index (χ1) is 15.6. The van der Waals surface area contributed by atoms with E-state index in [1.165, 1.54) is 25.9 Å². The van der Waals surface area contributed by atoms with Crippen LogP contribution >= 0.6 is 11.6 Å². The van der Waals surface area contributed by atoms with Gasteiger partial charge < -0.3 is 14.7 Å². The molecular formula is C24H34ClN5O2. The SMILES string of the molecule is CC1CCCN(CCCNC(=O)C2CCN(Cc3nc(-c4ccccc4Cl)no3)CC2)C1. The summed E-state index contributed by atoms with van der Waals surface area (Å²) in [5.41, 5.74) is 0.773. The summed E-state index contributed by atoms with van der Waals surface area (Å²) in [6, 6.07) is 7.48. The van der Waals surface area contributed by atoms with Gasteiger partial charge in [-0.2, -0.15) is 4.98 Å². The van der Waals surface area contributed by atoms with E-state index in [2.05, 4.69) is 32.2 Å². The van der Waals surface area contributed by atoms with E-state index < -0.39 is 0 Å². The van der Waals surface area contributed by atoms with Crippen LogP contribution in [-0.4, -0.2) is 65.1 Å². The highest BCUT2D eigenvalue weighted by Gasteiger charge is 2.26. The van der Waals surface area contributed by atoms with Gasteiger partial charge in [0.1, 0.15) is 0 Å². The highest BCUT2D eigenvalue weighted by Crippen LogP contribution is 2.25. The summed E-state index contributed by atoms with van der Waals surface area (Å²) in [5, 5.41) is 7.84. The Labute approximate surface area is 195 Å². The lowest BCUT2D eigenvalue weighted by Crippen LogP contribution is -2.41. The maximum absolute atomic E-state index is 12.6. The van der Waals surface area contributed by atoms with E-state index in [0.717, 1.165) is 56.9 Å². The maximum Gasteiger partial charge on any atom is 0.241 e. The molecule has 1 aromatic heterocycles. The summed E-state index contributed by atoms with van der Waals surface area (Å²) in [7, 11) is 0. The fraction of sp³-hybridized carbons (Fsp3) is 0.625. The number of carbonyl (C=O) groups is 1. The summed E-state index contributed by atoms with van der Waals surface area (Å²) < 4.78 is 5.43. The zero-order valence-corrected chi connectivity index (χ0v) is 19.7. The van der Waals surface area contributed by atoms with E-state index in [-0.39, 0.29) is 11.8 Å². The Hall–Kier alpha value is -1.96. The average molecular weight is 460 g/mol. The van der Waals surface area contributed by atoms with Gasteiger partial charge in [0.25, 0.3) is 0 Å². The summed E-state index contributed by atoms with van der Waals surface area (Å²) >= 11 is 6.22. The Morgan fingerprint density at radius 2 is 2.00 bits per heavy atom. The molecule has 0 bridgehead atoms. The Morgan fingerprint density at radius 3 is 2.78 bits per heavy atom. The molecule has 0 aliphatic carbocycles. The number of rotatable bonds is 8. The molecule has 3 heterocycles. The van der Waals surface area contributed by atoms with Crippen molar-refractivity contribution in [2.75, 3.05) is 39.3 Å². The largest absolute Gasteiger partial charge is 0.356 e. The van der Waals surface area contributed by atoms with Crippen molar-refractivity contribution in [1.29, 1.82) is 0 Å². The number of hydrogen-bond acceptors (Lipinski definition) is 6. The number of piperidine rings is 2. The molecule has 0 spiro atoms. The van der Waals surface area contributed by atoms with E-state index in [1.54, 1.807) is 0 Å². The molecule has 4 rings (SSSR count). The van der Waals surface area contributed by atoms with E-state index in [0.29, 0.717) is 23.3 Å². The van der Waals surface area contributed by atoms with Crippen molar-refractivity contribution in [3.8, 4) is 11.4 Å². The number of benzene rings is 1. The summed E-state index contributed by atoms with van der Waals surface area (Å²) in [4.78, 5) is 21.9. The quantitative estimate of drug-likeness (QED) is 0.604. The fourth-order valence-electron chi connectivity index (χ4n) is 4.76. The molecule has 1 N–H and O–H groups in total. The molecule has 8 heteroatoms. The predicted octanol–water partition coefficient (Wildman–Crippen LogP) is 3.84. The van der Waals surface area contributed by atoms with Gasteiger partial charge >= 0.3 is 0 Å². The highest BCUT2D eigenvalue weighted by molar-refractivity contribution is 6.33. The maximum atomic E-state index is 12.6. The lowest BCUT2D eigenvalue weighted by Gasteiger charge is -2.31. The number of nitrogens with zero attached hydrogens (tertiary/aromatic N) is 4. The van der Waals surface area contributed by atoms with Crippen molar-refractivity contribution in [2.24, 2.45) is 11.8 Å². The molecule has 7 nitrogen and oxygen atoms in total. The van der Waals surface area contributed by atoms with Crippen LogP contribution in [0.15, 0.2) is 28.8 Å². The summed E-state index contributed by atoms with van der Waals surface area (Å²) in [6.45, 7) is 8.90. The van der Waals surface area contributed by atoms with Gasteiger partial charge in [-0.15, -0.1) is 0 Å². The van der Waals surface area contributed by atoms with Crippen LogP contribution < -0.4 is 5.32 Å². The second-order valence-corrected chi connectivity index (χ2v) is 9.64. The second-order valence-electron chi connectivity index (χ2n) is 9.23. The predicted molar refractivity (Wildman–Crippen MR) is 125 cm³/mol. The number of aromatic nitrogens is 2. The number of likely N-dealkylation sites (tertiary alicyclic amines) is 2. The van der Waals surface area contributed by atoms with Crippen LogP contribution in [0.1, 0.15) is 44.9 Å². The van der Waals surface area contributed by atoms with Gasteiger partial charge in [0.05, 0.1) is 11.6 Å². The molecular weight excluding hydrogens is 426 g/mol. The molecule has 1 amide bonds. The molecule has 174 valence electrons. The molecule has 0 saturated carbocycles. The molecule has 2 aliphatic rings. The first-order valence-corrected chi connectivity index (χ1v) is 12.3. The molecule has 1 unspecified atom stereocenters. The molecule has 1 atom stereocenters. The number of halogens is 1. The lowest BCUT2D eigenvalue weighted by molar-refractivity contribution is -0.126. The zero-order chi connectivity index (χ0) is 22.3. The van der Waals surface area contributed by atoms with Gasteiger partial charge in [-0.05, 0) is 76.3 Å². The number of hydrogen-bond donors (Lipinski definition) is 1. The van der Waals surface area contributed by atoms with Crippen LogP contribution in [-0.2, 0) is 11.3 Å². The van der Waals surface area contributed by atoms with Crippen LogP contribution in [0.5, 0.6) is 0 Å². The Morgan fingerprint density at radius 1 is 1.19 bits per heavy atom. The smallest absolute Gasteiger partial charge is 0.241 e. The number of amides is 1. The summed E-state index contributed by atoms with van der Waals surface area (Å²) in [5.74, 6) is 2.20. The fourth-order valence-corrected chi connectivity index (χ4v) is 4.98. The van der Waals surface area contributed by atoms with Gasteiger partial charge in [0, 0.05) is 24.6 Å². The van der Waals surface area contributed by atoms with Crippen molar-refractivity contribution in [2.45, 2.75) is 45.6 Å². The van der Waals surface area contributed by atoms with Gasteiger partial charge in [-0.25, -0.2) is 0 Å². The van der Waals surface area contributed by atoms with Crippen molar-refractivity contribution in [1.82, 2.24) is 25.3 Å². The van der Waals surface area contributed by atoms with Crippen LogP contribution in [0, 0.1) is 11.8 Å². The van der Waals surface area contributed by atoms with Crippen LogP contribution in [0.2, 0.25) is 5.02 Å². The second kappa shape index (κ2) is 11.3. The van der Waals surface area contributed by atoms with Crippen LogP contribution in [0.25, 0.3) is 11.4 Å². The summed E-state index contributed by atoms with van der Waals surface area (Å²) in [6.07, 6.45) is 5.40. The van der Waals surface area contributed by atoms with E-state index >= 15 is 0 Å². The van der Waals surface area contributed by atoms with Gasteiger partial charge in [0.15, 0.2) is 0 Å². The van der Waals surface area contributed by atoms with Gasteiger partial charge in [-0.1, -0.05) is 35.8 Å². The Kier molecular flexibility index (Phi) is 8.16. The van der Waals surface area contributed by atoms with Crippen molar-refractivity contribution < 1.29 is 9.32 Å². The Balaban J connectivity index is 1.15. The number of nitrogens with one attached hydrogen (secondary N) is 1. The monoisotopic (exact) mass is 459 g/mol.